The van der Waals surface area contributed by atoms with Crippen LogP contribution in [0, 0.1) is 0 Å². The van der Waals surface area contributed by atoms with Gasteiger partial charge in [0.05, 0.1) is 13.2 Å². The average molecular weight is 198 g/mol. The molecular weight excluding hydrogens is 176 g/mol. The van der Waals surface area contributed by atoms with E-state index in [1.54, 1.807) is 0 Å². The monoisotopic (exact) mass is 198 g/mol. The largest absolute Gasteiger partial charge is 0.378 e. The smallest absolute Gasteiger partial charge is 0.0632 e. The van der Waals surface area contributed by atoms with Gasteiger partial charge in [0.15, 0.2) is 0 Å². The van der Waals surface area contributed by atoms with E-state index >= 15 is 0 Å². The zero-order chi connectivity index (χ0) is 9.64. The van der Waals surface area contributed by atoms with Gasteiger partial charge in [-0.3, -0.25) is 0 Å². The van der Waals surface area contributed by atoms with Crippen LogP contribution in [0.25, 0.3) is 0 Å². The van der Waals surface area contributed by atoms with Crippen molar-refractivity contribution in [2.24, 2.45) is 0 Å². The fourth-order valence-electron chi connectivity index (χ4n) is 2.37. The molecule has 0 aromatic rings. The van der Waals surface area contributed by atoms with Gasteiger partial charge in [-0.1, -0.05) is 19.3 Å². The third-order valence-electron chi connectivity index (χ3n) is 3.26. The van der Waals surface area contributed by atoms with E-state index in [1.807, 2.05) is 0 Å². The van der Waals surface area contributed by atoms with E-state index in [9.17, 15) is 0 Å². The first-order valence-electron chi connectivity index (χ1n) is 5.99. The molecule has 3 heteroatoms. The molecule has 1 aliphatic carbocycles. The summed E-state index contributed by atoms with van der Waals surface area (Å²) in [6, 6.07) is 1.30. The predicted molar refractivity (Wildman–Crippen MR) is 57.5 cm³/mol. The van der Waals surface area contributed by atoms with Gasteiger partial charge in [-0.25, -0.2) is 0 Å². The van der Waals surface area contributed by atoms with Crippen LogP contribution in [-0.4, -0.2) is 38.4 Å². The Morgan fingerprint density at radius 3 is 2.79 bits per heavy atom. The molecule has 0 aromatic heterocycles. The van der Waals surface area contributed by atoms with Gasteiger partial charge in [0.1, 0.15) is 0 Å². The minimum absolute atomic E-state index is 0.533. The maximum Gasteiger partial charge on any atom is 0.0632 e. The van der Waals surface area contributed by atoms with Crippen LogP contribution in [0.15, 0.2) is 0 Å². The number of ether oxygens (including phenoxy) is 1. The highest BCUT2D eigenvalue weighted by Gasteiger charge is 2.16. The van der Waals surface area contributed by atoms with Gasteiger partial charge < -0.3 is 15.4 Å². The minimum atomic E-state index is 0.533. The van der Waals surface area contributed by atoms with E-state index < -0.39 is 0 Å². The Hall–Kier alpha value is -0.120. The molecule has 0 amide bonds. The number of rotatable bonds is 3. The van der Waals surface area contributed by atoms with Gasteiger partial charge in [-0.2, -0.15) is 0 Å². The van der Waals surface area contributed by atoms with Crippen LogP contribution in [0.2, 0.25) is 0 Å². The summed E-state index contributed by atoms with van der Waals surface area (Å²) >= 11 is 0. The van der Waals surface area contributed by atoms with Crippen LogP contribution in [0.4, 0.5) is 0 Å². The van der Waals surface area contributed by atoms with Crippen molar-refractivity contribution in [2.75, 3.05) is 26.3 Å². The van der Waals surface area contributed by atoms with Gasteiger partial charge in [0.2, 0.25) is 0 Å². The molecule has 2 N–H and O–H groups in total. The topological polar surface area (TPSA) is 33.3 Å². The lowest BCUT2D eigenvalue weighted by molar-refractivity contribution is 0.0753. The molecule has 0 spiro atoms. The molecular formula is C11H22N2O. The third-order valence-corrected chi connectivity index (χ3v) is 3.26. The molecule has 82 valence electrons. The molecule has 0 radical (unpaired) electrons. The lowest BCUT2D eigenvalue weighted by atomic mass is 9.95. The highest BCUT2D eigenvalue weighted by Crippen LogP contribution is 2.17. The summed E-state index contributed by atoms with van der Waals surface area (Å²) in [6.07, 6.45) is 6.99. The lowest BCUT2D eigenvalue weighted by Crippen LogP contribution is -2.49. The van der Waals surface area contributed by atoms with Crippen LogP contribution in [-0.2, 0) is 4.74 Å². The van der Waals surface area contributed by atoms with Crippen molar-refractivity contribution in [3.63, 3.8) is 0 Å². The Balaban J connectivity index is 1.60. The Labute approximate surface area is 86.6 Å². The number of nitrogens with one attached hydrogen (secondary N) is 2. The van der Waals surface area contributed by atoms with Gasteiger partial charge >= 0.3 is 0 Å². The minimum Gasteiger partial charge on any atom is -0.378 e. The van der Waals surface area contributed by atoms with Crippen LogP contribution in [0.3, 0.4) is 0 Å². The first-order chi connectivity index (χ1) is 6.95. The van der Waals surface area contributed by atoms with Crippen LogP contribution in [0.5, 0.6) is 0 Å². The average Bonchev–Trinajstić information content (AvgIpc) is 2.29. The van der Waals surface area contributed by atoms with Crippen molar-refractivity contribution in [2.45, 2.75) is 44.2 Å². The summed E-state index contributed by atoms with van der Waals surface area (Å²) < 4.78 is 5.42. The fourth-order valence-corrected chi connectivity index (χ4v) is 2.37. The normalized spacial score (nSPS) is 30.4. The summed E-state index contributed by atoms with van der Waals surface area (Å²) in [5.74, 6) is 0. The fraction of sp³-hybridized carbons (Fsp3) is 1.00. The van der Waals surface area contributed by atoms with Gasteiger partial charge in [-0.05, 0) is 12.8 Å². The predicted octanol–water partition coefficient (Wildman–Crippen LogP) is 0.897. The Kier molecular flexibility index (Phi) is 4.22. The van der Waals surface area contributed by atoms with E-state index in [0.29, 0.717) is 6.04 Å². The summed E-state index contributed by atoms with van der Waals surface area (Å²) in [5, 5.41) is 7.12. The number of hydrogen-bond acceptors (Lipinski definition) is 3. The first kappa shape index (κ1) is 10.4. The van der Waals surface area contributed by atoms with Crippen LogP contribution < -0.4 is 10.6 Å². The second-order valence-corrected chi connectivity index (χ2v) is 4.47. The van der Waals surface area contributed by atoms with Gasteiger partial charge in [0.25, 0.3) is 0 Å². The van der Waals surface area contributed by atoms with Crippen molar-refractivity contribution in [1.29, 1.82) is 0 Å². The molecule has 14 heavy (non-hydrogen) atoms. The van der Waals surface area contributed by atoms with E-state index in [2.05, 4.69) is 10.6 Å². The highest BCUT2D eigenvalue weighted by atomic mass is 16.5. The molecule has 1 atom stereocenters. The molecule has 1 heterocycles. The van der Waals surface area contributed by atoms with Crippen LogP contribution >= 0.6 is 0 Å². The molecule has 3 nitrogen and oxygen atoms in total. The molecule has 1 aliphatic heterocycles. The van der Waals surface area contributed by atoms with E-state index in [1.165, 1.54) is 32.1 Å². The molecule has 1 saturated carbocycles. The summed E-state index contributed by atoms with van der Waals surface area (Å²) in [6.45, 7) is 3.83. The van der Waals surface area contributed by atoms with Crippen molar-refractivity contribution in [3.8, 4) is 0 Å². The molecule has 2 rings (SSSR count). The molecule has 1 unspecified atom stereocenters. The molecule has 0 aromatic carbocycles. The zero-order valence-electron chi connectivity index (χ0n) is 8.93. The molecule has 2 aliphatic rings. The first-order valence-corrected chi connectivity index (χ1v) is 5.99. The quantitative estimate of drug-likeness (QED) is 0.707. The van der Waals surface area contributed by atoms with E-state index in [-0.39, 0.29) is 0 Å². The maximum absolute atomic E-state index is 5.42. The second-order valence-electron chi connectivity index (χ2n) is 4.47. The zero-order valence-corrected chi connectivity index (χ0v) is 8.93. The lowest BCUT2D eigenvalue weighted by Gasteiger charge is -2.28. The van der Waals surface area contributed by atoms with Crippen molar-refractivity contribution in [1.82, 2.24) is 10.6 Å². The van der Waals surface area contributed by atoms with Crippen molar-refractivity contribution in [3.05, 3.63) is 0 Å². The molecule has 1 saturated heterocycles. The highest BCUT2D eigenvalue weighted by molar-refractivity contribution is 4.77. The Bertz CT molecular complexity index is 133. The second kappa shape index (κ2) is 5.69. The Morgan fingerprint density at radius 2 is 2.07 bits per heavy atom. The SMILES string of the molecule is C1CCC(NCC2COCCN2)CC1. The van der Waals surface area contributed by atoms with Gasteiger partial charge in [0, 0.05) is 25.2 Å². The summed E-state index contributed by atoms with van der Waals surface area (Å²) in [7, 11) is 0. The summed E-state index contributed by atoms with van der Waals surface area (Å²) in [5.41, 5.74) is 0. The van der Waals surface area contributed by atoms with E-state index in [4.69, 9.17) is 4.74 Å². The number of hydrogen-bond donors (Lipinski definition) is 2. The third kappa shape index (κ3) is 3.23. The Morgan fingerprint density at radius 1 is 1.21 bits per heavy atom. The van der Waals surface area contributed by atoms with Crippen molar-refractivity contribution >= 4 is 0 Å². The standard InChI is InChI=1S/C11H22N2O/c1-2-4-10(5-3-1)13-8-11-9-14-7-6-12-11/h10-13H,1-9H2. The number of morpholine rings is 1. The molecule has 2 fully saturated rings. The van der Waals surface area contributed by atoms with Crippen LogP contribution in [0.1, 0.15) is 32.1 Å². The molecule has 0 bridgehead atoms. The summed E-state index contributed by atoms with van der Waals surface area (Å²) in [4.78, 5) is 0. The van der Waals surface area contributed by atoms with E-state index in [0.717, 1.165) is 32.3 Å². The maximum atomic E-state index is 5.42. The van der Waals surface area contributed by atoms with Crippen molar-refractivity contribution < 1.29 is 4.74 Å². The van der Waals surface area contributed by atoms with Gasteiger partial charge in [-0.15, -0.1) is 0 Å².